The van der Waals surface area contributed by atoms with Crippen LogP contribution in [0.3, 0.4) is 0 Å². The summed E-state index contributed by atoms with van der Waals surface area (Å²) in [4.78, 5) is 14.3. The Morgan fingerprint density at radius 3 is 2.78 bits per heavy atom. The molecule has 0 aliphatic carbocycles. The molecule has 1 heterocycles. The van der Waals surface area contributed by atoms with Crippen LogP contribution in [0.2, 0.25) is 5.15 Å². The zero-order valence-corrected chi connectivity index (χ0v) is 14.0. The molecule has 0 radical (unpaired) electrons. The highest BCUT2D eigenvalue weighted by Gasteiger charge is 2.20. The van der Waals surface area contributed by atoms with Crippen molar-refractivity contribution in [3.63, 3.8) is 0 Å². The summed E-state index contributed by atoms with van der Waals surface area (Å²) in [6.45, 7) is 0.803. The molecule has 0 aliphatic rings. The first kappa shape index (κ1) is 17.3. The lowest BCUT2D eigenvalue weighted by Gasteiger charge is -2.22. The molecule has 23 heavy (non-hydrogen) atoms. The van der Waals surface area contributed by atoms with Gasteiger partial charge in [-0.05, 0) is 12.5 Å². The van der Waals surface area contributed by atoms with Crippen LogP contribution in [0.25, 0.3) is 0 Å². The first-order valence-electron chi connectivity index (χ1n) is 7.28. The minimum Gasteiger partial charge on any atom is -0.496 e. The largest absolute Gasteiger partial charge is 0.496 e. The van der Waals surface area contributed by atoms with E-state index < -0.39 is 0 Å². The maximum Gasteiger partial charge on any atom is 0.274 e. The second-order valence-corrected chi connectivity index (χ2v) is 5.48. The van der Waals surface area contributed by atoms with E-state index in [0.29, 0.717) is 30.4 Å². The van der Waals surface area contributed by atoms with Gasteiger partial charge >= 0.3 is 0 Å². The van der Waals surface area contributed by atoms with Gasteiger partial charge in [-0.25, -0.2) is 0 Å². The van der Waals surface area contributed by atoms with E-state index in [0.717, 1.165) is 5.56 Å². The minimum atomic E-state index is -0.230. The Bertz CT molecular complexity index is 653. The van der Waals surface area contributed by atoms with Crippen LogP contribution in [0.5, 0.6) is 5.75 Å². The zero-order valence-electron chi connectivity index (χ0n) is 13.2. The number of methoxy groups -OCH3 is 1. The normalized spacial score (nSPS) is 10.6. The summed E-state index contributed by atoms with van der Waals surface area (Å²) in [5.41, 5.74) is 1.17. The number of hydrogen-bond donors (Lipinski definition) is 1. The molecule has 6 nitrogen and oxygen atoms in total. The summed E-state index contributed by atoms with van der Waals surface area (Å²) in [5.74, 6) is 0.486. The maximum atomic E-state index is 12.7. The molecule has 0 bridgehead atoms. The van der Waals surface area contributed by atoms with E-state index >= 15 is 0 Å². The molecule has 0 fully saturated rings. The smallest absolute Gasteiger partial charge is 0.274 e. The van der Waals surface area contributed by atoms with E-state index in [1.807, 2.05) is 24.3 Å². The predicted molar refractivity (Wildman–Crippen MR) is 87.7 cm³/mol. The van der Waals surface area contributed by atoms with Crippen molar-refractivity contribution in [1.82, 2.24) is 14.7 Å². The number of ether oxygens (including phenoxy) is 1. The van der Waals surface area contributed by atoms with Gasteiger partial charge in [0, 0.05) is 38.4 Å². The van der Waals surface area contributed by atoms with Gasteiger partial charge in [0.25, 0.3) is 5.91 Å². The third-order valence-corrected chi connectivity index (χ3v) is 3.82. The molecule has 2 rings (SSSR count). The number of para-hydroxylation sites is 1. The van der Waals surface area contributed by atoms with Crippen molar-refractivity contribution in [2.45, 2.75) is 13.0 Å². The lowest BCUT2D eigenvalue weighted by molar-refractivity contribution is 0.0724. The van der Waals surface area contributed by atoms with Gasteiger partial charge in [-0.2, -0.15) is 5.10 Å². The van der Waals surface area contributed by atoms with Crippen LogP contribution in [0, 0.1) is 0 Å². The van der Waals surface area contributed by atoms with Crippen LogP contribution in [-0.4, -0.2) is 46.0 Å². The van der Waals surface area contributed by atoms with Crippen molar-refractivity contribution in [2.75, 3.05) is 20.3 Å². The third-order valence-electron chi connectivity index (χ3n) is 3.47. The third kappa shape index (κ3) is 4.24. The monoisotopic (exact) mass is 337 g/mol. The van der Waals surface area contributed by atoms with Gasteiger partial charge < -0.3 is 14.7 Å². The van der Waals surface area contributed by atoms with E-state index in [1.165, 1.54) is 10.7 Å². The summed E-state index contributed by atoms with van der Waals surface area (Å²) in [7, 11) is 3.27. The Morgan fingerprint density at radius 1 is 1.43 bits per heavy atom. The second-order valence-electron chi connectivity index (χ2n) is 5.09. The summed E-state index contributed by atoms with van der Waals surface area (Å²) >= 11 is 5.96. The van der Waals surface area contributed by atoms with Crippen LogP contribution in [0.15, 0.2) is 30.3 Å². The van der Waals surface area contributed by atoms with E-state index in [9.17, 15) is 4.79 Å². The number of hydrogen-bond acceptors (Lipinski definition) is 4. The van der Waals surface area contributed by atoms with Crippen molar-refractivity contribution >= 4 is 17.5 Å². The molecule has 0 unspecified atom stereocenters. The lowest BCUT2D eigenvalue weighted by Crippen LogP contribution is -2.32. The fraction of sp³-hybridized carbons (Fsp3) is 0.375. The molecule has 0 atom stereocenters. The van der Waals surface area contributed by atoms with Crippen molar-refractivity contribution in [2.24, 2.45) is 7.05 Å². The fourth-order valence-electron chi connectivity index (χ4n) is 2.26. The van der Waals surface area contributed by atoms with Gasteiger partial charge in [-0.15, -0.1) is 0 Å². The predicted octanol–water partition coefficient (Wildman–Crippen LogP) is 2.11. The topological polar surface area (TPSA) is 67.6 Å². The summed E-state index contributed by atoms with van der Waals surface area (Å²) < 4.78 is 6.78. The first-order chi connectivity index (χ1) is 11.1. The van der Waals surface area contributed by atoms with Crippen LogP contribution >= 0.6 is 11.6 Å². The molecule has 1 N–H and O–H groups in total. The quantitative estimate of drug-likeness (QED) is 0.840. The van der Waals surface area contributed by atoms with Crippen molar-refractivity contribution < 1.29 is 14.6 Å². The average Bonchev–Trinajstić information content (AvgIpc) is 2.90. The molecule has 124 valence electrons. The lowest BCUT2D eigenvalue weighted by atomic mass is 10.1. The number of halogens is 1. The van der Waals surface area contributed by atoms with Crippen LogP contribution in [-0.2, 0) is 13.6 Å². The van der Waals surface area contributed by atoms with E-state index in [4.69, 9.17) is 21.4 Å². The number of nitrogens with zero attached hydrogens (tertiary/aromatic N) is 3. The molecule has 2 aromatic rings. The van der Waals surface area contributed by atoms with E-state index in [-0.39, 0.29) is 18.2 Å². The number of benzene rings is 1. The molecule has 0 spiro atoms. The van der Waals surface area contributed by atoms with Crippen molar-refractivity contribution in [3.05, 3.63) is 46.7 Å². The molecule has 1 aromatic carbocycles. The number of rotatable bonds is 7. The number of aliphatic hydroxyl groups is 1. The number of carbonyl (C=O) groups is 1. The Hall–Kier alpha value is -2.05. The molecule has 7 heteroatoms. The fourth-order valence-corrected chi connectivity index (χ4v) is 2.41. The molecular formula is C16H20ClN3O3. The number of aromatic nitrogens is 2. The molecule has 1 aromatic heterocycles. The Kier molecular flexibility index (Phi) is 6.01. The highest BCUT2D eigenvalue weighted by Crippen LogP contribution is 2.21. The molecular weight excluding hydrogens is 318 g/mol. The first-order valence-corrected chi connectivity index (χ1v) is 7.66. The molecule has 1 amide bonds. The van der Waals surface area contributed by atoms with Gasteiger partial charge in [0.05, 0.1) is 7.11 Å². The van der Waals surface area contributed by atoms with Crippen molar-refractivity contribution in [1.29, 1.82) is 0 Å². The second kappa shape index (κ2) is 7.99. The van der Waals surface area contributed by atoms with Crippen molar-refractivity contribution in [3.8, 4) is 5.75 Å². The summed E-state index contributed by atoms with van der Waals surface area (Å²) in [6, 6.07) is 9.06. The number of carbonyl (C=O) groups excluding carboxylic acids is 1. The zero-order chi connectivity index (χ0) is 16.8. The summed E-state index contributed by atoms with van der Waals surface area (Å²) in [5, 5.41) is 13.6. The van der Waals surface area contributed by atoms with Crippen LogP contribution in [0.1, 0.15) is 22.5 Å². The Balaban J connectivity index is 2.23. The van der Waals surface area contributed by atoms with Crippen LogP contribution in [0.4, 0.5) is 0 Å². The number of amides is 1. The van der Waals surface area contributed by atoms with E-state index in [2.05, 4.69) is 5.10 Å². The average molecular weight is 338 g/mol. The number of aryl methyl sites for hydroxylation is 1. The molecule has 0 saturated carbocycles. The van der Waals surface area contributed by atoms with Gasteiger partial charge in [0.15, 0.2) is 5.69 Å². The number of aliphatic hydroxyl groups excluding tert-OH is 1. The van der Waals surface area contributed by atoms with Gasteiger partial charge in [0.2, 0.25) is 0 Å². The minimum absolute atomic E-state index is 0.0126. The maximum absolute atomic E-state index is 12.7. The highest BCUT2D eigenvalue weighted by atomic mass is 35.5. The Morgan fingerprint density at radius 2 is 2.17 bits per heavy atom. The molecule has 0 saturated heterocycles. The SMILES string of the molecule is COc1ccccc1CN(CCCO)C(=O)c1cc(Cl)n(C)n1. The standard InChI is InChI=1S/C16H20ClN3O3/c1-19-15(17)10-13(18-19)16(22)20(8-5-9-21)11-12-6-3-4-7-14(12)23-2/h3-4,6-7,10,21H,5,8-9,11H2,1-2H3. The van der Waals surface area contributed by atoms with Gasteiger partial charge in [-0.1, -0.05) is 29.8 Å². The van der Waals surface area contributed by atoms with Gasteiger partial charge in [-0.3, -0.25) is 9.48 Å². The Labute approximate surface area is 140 Å². The van der Waals surface area contributed by atoms with Gasteiger partial charge in [0.1, 0.15) is 10.9 Å². The summed E-state index contributed by atoms with van der Waals surface area (Å²) in [6.07, 6.45) is 0.488. The van der Waals surface area contributed by atoms with Crippen LogP contribution < -0.4 is 4.74 Å². The molecule has 0 aliphatic heterocycles. The van der Waals surface area contributed by atoms with E-state index in [1.54, 1.807) is 19.1 Å². The highest BCUT2D eigenvalue weighted by molar-refractivity contribution is 6.29.